The first-order chi connectivity index (χ1) is 9.69. The molecular weight excluding hydrogens is 256 g/mol. The summed E-state index contributed by atoms with van der Waals surface area (Å²) in [5.74, 6) is 1.34. The second-order valence-electron chi connectivity index (χ2n) is 4.07. The predicted octanol–water partition coefficient (Wildman–Crippen LogP) is 2.43. The highest BCUT2D eigenvalue weighted by Crippen LogP contribution is 2.35. The first kappa shape index (κ1) is 13.7. The minimum Gasteiger partial charge on any atom is -0.493 e. The maximum absolute atomic E-state index is 9.10. The van der Waals surface area contributed by atoms with Gasteiger partial charge in [-0.25, -0.2) is 0 Å². The van der Waals surface area contributed by atoms with E-state index in [-0.39, 0.29) is 12.3 Å². The Labute approximate surface area is 116 Å². The summed E-state index contributed by atoms with van der Waals surface area (Å²) in [4.78, 5) is 0. The summed E-state index contributed by atoms with van der Waals surface area (Å²) in [6, 6.07) is 12.1. The summed E-state index contributed by atoms with van der Waals surface area (Å²) in [5.41, 5.74) is 7.21. The zero-order chi connectivity index (χ0) is 14.5. The predicted molar refractivity (Wildman–Crippen MR) is 74.6 cm³/mol. The second-order valence-corrected chi connectivity index (χ2v) is 4.07. The highest BCUT2D eigenvalue weighted by molar-refractivity contribution is 5.64. The topological polar surface area (TPSA) is 88.5 Å². The summed E-state index contributed by atoms with van der Waals surface area (Å²) >= 11 is 0. The van der Waals surface area contributed by atoms with E-state index >= 15 is 0 Å². The Bertz CT molecular complexity index is 663. The molecule has 0 unspecified atom stereocenters. The number of hydrogen-bond acceptors (Lipinski definition) is 5. The van der Waals surface area contributed by atoms with Gasteiger partial charge in [-0.15, -0.1) is 0 Å². The van der Waals surface area contributed by atoms with E-state index in [1.165, 1.54) is 7.11 Å². The molecule has 0 radical (unpaired) electrons. The highest BCUT2D eigenvalue weighted by atomic mass is 16.5. The van der Waals surface area contributed by atoms with Crippen molar-refractivity contribution in [2.24, 2.45) is 0 Å². The number of ether oxygens (including phenoxy) is 2. The number of nitriles is 1. The molecule has 0 saturated heterocycles. The van der Waals surface area contributed by atoms with Crippen LogP contribution in [-0.2, 0) is 6.61 Å². The number of aliphatic hydroxyl groups is 1. The number of methoxy groups -OCH3 is 1. The Morgan fingerprint density at radius 1 is 1.20 bits per heavy atom. The SMILES string of the molecule is COc1cc(CO)ccc1Oc1cccc(C#N)c1N. The second kappa shape index (κ2) is 5.95. The standard InChI is InChI=1S/C15H14N2O3/c1-19-14-7-10(9-18)5-6-12(14)20-13-4-2-3-11(8-16)15(13)17/h2-7,18H,9,17H2,1H3. The van der Waals surface area contributed by atoms with Gasteiger partial charge in [0.15, 0.2) is 17.2 Å². The molecule has 5 heteroatoms. The first-order valence-electron chi connectivity index (χ1n) is 5.93. The van der Waals surface area contributed by atoms with Crippen molar-refractivity contribution in [1.29, 1.82) is 5.26 Å². The van der Waals surface area contributed by atoms with Crippen LogP contribution in [0, 0.1) is 11.3 Å². The number of aliphatic hydroxyl groups excluding tert-OH is 1. The third kappa shape index (κ3) is 2.66. The van der Waals surface area contributed by atoms with Gasteiger partial charge >= 0.3 is 0 Å². The lowest BCUT2D eigenvalue weighted by Gasteiger charge is -2.13. The maximum atomic E-state index is 9.10. The van der Waals surface area contributed by atoms with E-state index in [1.54, 1.807) is 36.4 Å². The minimum atomic E-state index is -0.0807. The van der Waals surface area contributed by atoms with Crippen molar-refractivity contribution >= 4 is 5.69 Å². The van der Waals surface area contributed by atoms with E-state index in [2.05, 4.69) is 0 Å². The lowest BCUT2D eigenvalue weighted by atomic mass is 10.2. The average molecular weight is 270 g/mol. The molecule has 2 aromatic rings. The van der Waals surface area contributed by atoms with Gasteiger partial charge in [-0.1, -0.05) is 12.1 Å². The molecule has 20 heavy (non-hydrogen) atoms. The minimum absolute atomic E-state index is 0.0807. The molecular formula is C15H14N2O3. The molecule has 3 N–H and O–H groups in total. The number of hydrogen-bond donors (Lipinski definition) is 2. The van der Waals surface area contributed by atoms with Gasteiger partial charge < -0.3 is 20.3 Å². The Morgan fingerprint density at radius 3 is 2.65 bits per heavy atom. The summed E-state index contributed by atoms with van der Waals surface area (Å²) in [7, 11) is 1.51. The Morgan fingerprint density at radius 2 is 2.00 bits per heavy atom. The number of para-hydroxylation sites is 1. The van der Waals surface area contributed by atoms with Crippen LogP contribution in [0.2, 0.25) is 0 Å². The third-order valence-electron chi connectivity index (χ3n) is 2.82. The molecule has 0 heterocycles. The Balaban J connectivity index is 2.38. The van der Waals surface area contributed by atoms with Crippen LogP contribution in [0.25, 0.3) is 0 Å². The van der Waals surface area contributed by atoms with Gasteiger partial charge in [0.2, 0.25) is 0 Å². The van der Waals surface area contributed by atoms with Crippen molar-refractivity contribution in [3.63, 3.8) is 0 Å². The van der Waals surface area contributed by atoms with Crippen molar-refractivity contribution in [3.05, 3.63) is 47.5 Å². The summed E-state index contributed by atoms with van der Waals surface area (Å²) in [6.45, 7) is -0.0807. The van der Waals surface area contributed by atoms with Crippen LogP contribution in [0.5, 0.6) is 17.2 Å². The fourth-order valence-electron chi connectivity index (χ4n) is 1.74. The normalized spacial score (nSPS) is 9.85. The molecule has 0 aliphatic heterocycles. The van der Waals surface area contributed by atoms with Crippen molar-refractivity contribution in [1.82, 2.24) is 0 Å². The van der Waals surface area contributed by atoms with Crippen molar-refractivity contribution in [2.45, 2.75) is 6.61 Å². The van der Waals surface area contributed by atoms with Gasteiger partial charge in [0.1, 0.15) is 6.07 Å². The number of nitrogen functional groups attached to an aromatic ring is 1. The molecule has 0 aliphatic carbocycles. The molecule has 0 spiro atoms. The van der Waals surface area contributed by atoms with E-state index in [1.807, 2.05) is 6.07 Å². The molecule has 0 saturated carbocycles. The van der Waals surface area contributed by atoms with Crippen molar-refractivity contribution in [2.75, 3.05) is 12.8 Å². The van der Waals surface area contributed by atoms with Crippen molar-refractivity contribution in [3.8, 4) is 23.3 Å². The van der Waals surface area contributed by atoms with Crippen LogP contribution in [0.3, 0.4) is 0 Å². The van der Waals surface area contributed by atoms with Crippen LogP contribution in [-0.4, -0.2) is 12.2 Å². The van der Waals surface area contributed by atoms with Crippen LogP contribution in [0.1, 0.15) is 11.1 Å². The molecule has 0 aliphatic rings. The lowest BCUT2D eigenvalue weighted by Crippen LogP contribution is -1.97. The maximum Gasteiger partial charge on any atom is 0.169 e. The molecule has 5 nitrogen and oxygen atoms in total. The largest absolute Gasteiger partial charge is 0.493 e. The van der Waals surface area contributed by atoms with Gasteiger partial charge in [0, 0.05) is 0 Å². The first-order valence-corrected chi connectivity index (χ1v) is 5.93. The summed E-state index contributed by atoms with van der Waals surface area (Å²) in [6.07, 6.45) is 0. The van der Waals surface area contributed by atoms with Crippen molar-refractivity contribution < 1.29 is 14.6 Å². The summed E-state index contributed by atoms with van der Waals surface area (Å²) in [5, 5.41) is 18.0. The molecule has 102 valence electrons. The van der Waals surface area contributed by atoms with Gasteiger partial charge in [-0.3, -0.25) is 0 Å². The highest BCUT2D eigenvalue weighted by Gasteiger charge is 2.10. The smallest absolute Gasteiger partial charge is 0.169 e. The molecule has 2 rings (SSSR count). The zero-order valence-electron chi connectivity index (χ0n) is 11.0. The monoisotopic (exact) mass is 270 g/mol. The Kier molecular flexibility index (Phi) is 4.08. The van der Waals surface area contributed by atoms with Gasteiger partial charge in [-0.2, -0.15) is 5.26 Å². The van der Waals surface area contributed by atoms with Crippen LogP contribution in [0.4, 0.5) is 5.69 Å². The van der Waals surface area contributed by atoms with E-state index in [9.17, 15) is 0 Å². The quantitative estimate of drug-likeness (QED) is 0.833. The molecule has 0 aromatic heterocycles. The van der Waals surface area contributed by atoms with E-state index in [4.69, 9.17) is 25.6 Å². The average Bonchev–Trinajstić information content (AvgIpc) is 2.49. The van der Waals surface area contributed by atoms with Crippen LogP contribution in [0.15, 0.2) is 36.4 Å². The molecule has 0 bridgehead atoms. The van der Waals surface area contributed by atoms with Crippen LogP contribution < -0.4 is 15.2 Å². The fraction of sp³-hybridized carbons (Fsp3) is 0.133. The number of nitrogens with two attached hydrogens (primary N) is 1. The van der Waals surface area contributed by atoms with E-state index in [0.717, 1.165) is 0 Å². The lowest BCUT2D eigenvalue weighted by molar-refractivity contribution is 0.280. The molecule has 2 aromatic carbocycles. The van der Waals surface area contributed by atoms with Gasteiger partial charge in [0.25, 0.3) is 0 Å². The number of benzene rings is 2. The molecule has 0 amide bonds. The Hall–Kier alpha value is -2.71. The van der Waals surface area contributed by atoms with Crippen LogP contribution >= 0.6 is 0 Å². The number of rotatable bonds is 4. The zero-order valence-corrected chi connectivity index (χ0v) is 11.0. The third-order valence-corrected chi connectivity index (χ3v) is 2.82. The molecule has 0 fully saturated rings. The van der Waals surface area contributed by atoms with E-state index < -0.39 is 0 Å². The summed E-state index contributed by atoms with van der Waals surface area (Å²) < 4.78 is 10.9. The number of nitrogens with zero attached hydrogens (tertiary/aromatic N) is 1. The van der Waals surface area contributed by atoms with Gasteiger partial charge in [-0.05, 0) is 29.8 Å². The fourth-order valence-corrected chi connectivity index (χ4v) is 1.74. The van der Waals surface area contributed by atoms with E-state index in [0.29, 0.717) is 28.4 Å². The van der Waals surface area contributed by atoms with Gasteiger partial charge in [0.05, 0.1) is 25.0 Å². The molecule has 0 atom stereocenters. The number of anilines is 1.